The third kappa shape index (κ3) is 5.43. The van der Waals surface area contributed by atoms with Crippen molar-refractivity contribution in [2.75, 3.05) is 23.8 Å². The van der Waals surface area contributed by atoms with E-state index in [1.807, 2.05) is 25.1 Å². The van der Waals surface area contributed by atoms with Gasteiger partial charge in [-0.3, -0.25) is 9.59 Å². The Morgan fingerprint density at radius 3 is 2.38 bits per heavy atom. The summed E-state index contributed by atoms with van der Waals surface area (Å²) in [5.41, 5.74) is 1.39. The van der Waals surface area contributed by atoms with Crippen LogP contribution < -0.4 is 16.0 Å². The number of benzene rings is 1. The number of halogens is 1. The summed E-state index contributed by atoms with van der Waals surface area (Å²) in [4.78, 5) is 24.8. The van der Waals surface area contributed by atoms with Crippen LogP contribution in [0.15, 0.2) is 24.3 Å². The number of hydrogen-bond acceptors (Lipinski definition) is 4. The van der Waals surface area contributed by atoms with Crippen LogP contribution >= 0.6 is 12.4 Å². The molecule has 1 heterocycles. The summed E-state index contributed by atoms with van der Waals surface area (Å²) in [5.74, 6) is 0.0681. The Balaban J connectivity index is 0.00000243. The van der Waals surface area contributed by atoms with Crippen LogP contribution in [0.25, 0.3) is 0 Å². The molecular formula is C19H28ClN3O3. The van der Waals surface area contributed by atoms with E-state index in [9.17, 15) is 9.59 Å². The fourth-order valence-electron chi connectivity index (χ4n) is 3.53. The highest BCUT2D eigenvalue weighted by Gasteiger charge is 2.28. The van der Waals surface area contributed by atoms with Crippen LogP contribution in [-0.2, 0) is 14.3 Å². The summed E-state index contributed by atoms with van der Waals surface area (Å²) in [5, 5.41) is 9.06. The quantitative estimate of drug-likeness (QED) is 0.749. The summed E-state index contributed by atoms with van der Waals surface area (Å²) < 4.78 is 5.51. The zero-order valence-electron chi connectivity index (χ0n) is 15.1. The molecule has 1 aromatic carbocycles. The lowest BCUT2D eigenvalue weighted by molar-refractivity contribution is -0.123. The fourth-order valence-corrected chi connectivity index (χ4v) is 3.53. The molecule has 0 radical (unpaired) electrons. The van der Waals surface area contributed by atoms with Crippen molar-refractivity contribution in [3.8, 4) is 0 Å². The number of hydrogen-bond donors (Lipinski definition) is 3. The van der Waals surface area contributed by atoms with E-state index in [0.717, 1.165) is 25.7 Å². The number of rotatable bonds is 4. The minimum Gasteiger partial charge on any atom is -0.375 e. The number of ether oxygens (including phenoxy) is 1. The zero-order valence-corrected chi connectivity index (χ0v) is 15.9. The largest absolute Gasteiger partial charge is 0.375 e. The van der Waals surface area contributed by atoms with Gasteiger partial charge in [-0.2, -0.15) is 0 Å². The number of nitrogens with one attached hydrogen (secondary N) is 3. The van der Waals surface area contributed by atoms with E-state index >= 15 is 0 Å². The third-order valence-electron chi connectivity index (χ3n) is 4.97. The number of carbonyl (C=O) groups excluding carboxylic acids is 2. The van der Waals surface area contributed by atoms with E-state index in [0.29, 0.717) is 24.5 Å². The van der Waals surface area contributed by atoms with Gasteiger partial charge in [-0.05, 0) is 38.0 Å². The van der Waals surface area contributed by atoms with Gasteiger partial charge < -0.3 is 20.7 Å². The molecule has 144 valence electrons. The van der Waals surface area contributed by atoms with E-state index in [2.05, 4.69) is 16.0 Å². The Morgan fingerprint density at radius 2 is 1.73 bits per heavy atom. The van der Waals surface area contributed by atoms with Crippen molar-refractivity contribution < 1.29 is 14.3 Å². The Kier molecular flexibility index (Phi) is 7.87. The second-order valence-corrected chi connectivity index (χ2v) is 6.90. The molecule has 0 spiro atoms. The van der Waals surface area contributed by atoms with Gasteiger partial charge in [0.1, 0.15) is 6.04 Å². The summed E-state index contributed by atoms with van der Waals surface area (Å²) in [7, 11) is 0. The molecule has 3 N–H and O–H groups in total. The Hall–Kier alpha value is -1.63. The molecule has 2 fully saturated rings. The summed E-state index contributed by atoms with van der Waals surface area (Å²) in [6.07, 6.45) is 5.25. The van der Waals surface area contributed by atoms with Gasteiger partial charge in [-0.1, -0.05) is 25.3 Å². The average molecular weight is 382 g/mol. The highest BCUT2D eigenvalue weighted by molar-refractivity contribution is 5.97. The molecule has 7 heteroatoms. The molecule has 6 nitrogen and oxygen atoms in total. The number of morpholine rings is 1. The summed E-state index contributed by atoms with van der Waals surface area (Å²) in [6.45, 7) is 3.17. The molecule has 1 saturated carbocycles. The van der Waals surface area contributed by atoms with Gasteiger partial charge in [-0.25, -0.2) is 0 Å². The highest BCUT2D eigenvalue weighted by atomic mass is 35.5. The molecule has 2 aliphatic rings. The fraction of sp³-hybridized carbons (Fsp3) is 0.579. The van der Waals surface area contributed by atoms with E-state index in [-0.39, 0.29) is 42.3 Å². The van der Waals surface area contributed by atoms with Crippen molar-refractivity contribution in [2.45, 2.75) is 51.2 Å². The van der Waals surface area contributed by atoms with Crippen LogP contribution in [-0.4, -0.2) is 37.1 Å². The lowest BCUT2D eigenvalue weighted by Crippen LogP contribution is -2.53. The molecule has 1 aromatic rings. The summed E-state index contributed by atoms with van der Waals surface area (Å²) >= 11 is 0. The van der Waals surface area contributed by atoms with Gasteiger partial charge in [0.25, 0.3) is 0 Å². The van der Waals surface area contributed by atoms with Crippen LogP contribution in [0.1, 0.15) is 39.0 Å². The predicted octanol–water partition coefficient (Wildman–Crippen LogP) is 2.94. The standard InChI is InChI=1S/C19H27N3O3.ClH/c1-13-17(20-10-11-25-13)19(24)22-16-9-5-8-15(12-16)21-18(23)14-6-3-2-4-7-14;/h5,8-9,12-14,17,20H,2-4,6-7,10-11H2,1H3,(H,21,23)(H,22,24);1H/t13-,17+;/m1./s1. The van der Waals surface area contributed by atoms with Crippen LogP contribution in [0, 0.1) is 5.92 Å². The SMILES string of the molecule is C[C@H]1OCCN[C@@H]1C(=O)Nc1cccc(NC(=O)C2CCCCC2)c1.Cl. The van der Waals surface area contributed by atoms with Crippen molar-refractivity contribution in [3.63, 3.8) is 0 Å². The minimum atomic E-state index is -0.366. The Bertz CT molecular complexity index is 620. The predicted molar refractivity (Wildman–Crippen MR) is 105 cm³/mol. The van der Waals surface area contributed by atoms with Crippen molar-refractivity contribution in [1.82, 2.24) is 5.32 Å². The van der Waals surface area contributed by atoms with E-state index in [4.69, 9.17) is 4.74 Å². The molecule has 0 unspecified atom stereocenters. The Morgan fingerprint density at radius 1 is 1.08 bits per heavy atom. The molecule has 0 bridgehead atoms. The molecule has 1 saturated heterocycles. The first kappa shape index (κ1) is 20.7. The molecular weight excluding hydrogens is 354 g/mol. The molecule has 0 aromatic heterocycles. The summed E-state index contributed by atoms with van der Waals surface area (Å²) in [6, 6.07) is 6.94. The topological polar surface area (TPSA) is 79.5 Å². The van der Waals surface area contributed by atoms with E-state index in [1.165, 1.54) is 6.42 Å². The maximum absolute atomic E-state index is 12.4. The second-order valence-electron chi connectivity index (χ2n) is 6.90. The highest BCUT2D eigenvalue weighted by Crippen LogP contribution is 2.25. The maximum atomic E-state index is 12.4. The minimum absolute atomic E-state index is 0. The normalized spacial score (nSPS) is 23.6. The van der Waals surface area contributed by atoms with Crippen LogP contribution in [0.4, 0.5) is 11.4 Å². The van der Waals surface area contributed by atoms with E-state index < -0.39 is 0 Å². The van der Waals surface area contributed by atoms with Gasteiger partial charge in [-0.15, -0.1) is 12.4 Å². The molecule has 2 amide bonds. The zero-order chi connectivity index (χ0) is 17.6. The van der Waals surface area contributed by atoms with Gasteiger partial charge >= 0.3 is 0 Å². The van der Waals surface area contributed by atoms with Crippen LogP contribution in [0.3, 0.4) is 0 Å². The first-order chi connectivity index (χ1) is 12.1. The van der Waals surface area contributed by atoms with Crippen LogP contribution in [0.2, 0.25) is 0 Å². The van der Waals surface area contributed by atoms with Crippen molar-refractivity contribution >= 4 is 35.6 Å². The van der Waals surface area contributed by atoms with Crippen molar-refractivity contribution in [3.05, 3.63) is 24.3 Å². The lowest BCUT2D eigenvalue weighted by atomic mass is 9.88. The van der Waals surface area contributed by atoms with Gasteiger partial charge in [0.05, 0.1) is 12.7 Å². The van der Waals surface area contributed by atoms with Gasteiger partial charge in [0.2, 0.25) is 11.8 Å². The molecule has 26 heavy (non-hydrogen) atoms. The lowest BCUT2D eigenvalue weighted by Gasteiger charge is -2.29. The van der Waals surface area contributed by atoms with Crippen LogP contribution in [0.5, 0.6) is 0 Å². The van der Waals surface area contributed by atoms with Crippen molar-refractivity contribution in [2.24, 2.45) is 5.92 Å². The second kappa shape index (κ2) is 9.90. The number of anilines is 2. The molecule has 1 aliphatic carbocycles. The van der Waals surface area contributed by atoms with E-state index in [1.54, 1.807) is 6.07 Å². The monoisotopic (exact) mass is 381 g/mol. The maximum Gasteiger partial charge on any atom is 0.244 e. The molecule has 1 aliphatic heterocycles. The number of carbonyl (C=O) groups is 2. The Labute approximate surface area is 160 Å². The smallest absolute Gasteiger partial charge is 0.244 e. The van der Waals surface area contributed by atoms with Gasteiger partial charge in [0.15, 0.2) is 0 Å². The third-order valence-corrected chi connectivity index (χ3v) is 4.97. The molecule has 3 rings (SSSR count). The molecule has 2 atom stereocenters. The number of amides is 2. The van der Waals surface area contributed by atoms with Gasteiger partial charge in [0, 0.05) is 23.8 Å². The first-order valence-corrected chi connectivity index (χ1v) is 9.20. The first-order valence-electron chi connectivity index (χ1n) is 9.20. The average Bonchev–Trinajstić information content (AvgIpc) is 2.63. The van der Waals surface area contributed by atoms with Crippen molar-refractivity contribution in [1.29, 1.82) is 0 Å².